The van der Waals surface area contributed by atoms with Crippen molar-refractivity contribution in [2.45, 2.75) is 17.1 Å². The number of hydrogen-bond acceptors (Lipinski definition) is 3. The first-order valence-electron chi connectivity index (χ1n) is 7.77. The Bertz CT molecular complexity index is 667. The second kappa shape index (κ2) is 9.39. The van der Waals surface area contributed by atoms with Gasteiger partial charge in [0.1, 0.15) is 5.25 Å². The molecule has 3 nitrogen and oxygen atoms in total. The molecule has 1 amide bonds. The lowest BCUT2D eigenvalue weighted by atomic mass is 10.1. The van der Waals surface area contributed by atoms with E-state index in [1.54, 1.807) is 0 Å². The minimum absolute atomic E-state index is 0.158. The zero-order chi connectivity index (χ0) is 17.4. The van der Waals surface area contributed by atoms with Gasteiger partial charge in [0, 0.05) is 18.0 Å². The Labute approximate surface area is 144 Å². The summed E-state index contributed by atoms with van der Waals surface area (Å²) in [6.07, 6.45) is 0. The van der Waals surface area contributed by atoms with Crippen LogP contribution in [0.1, 0.15) is 17.7 Å². The van der Waals surface area contributed by atoms with E-state index in [2.05, 4.69) is 10.6 Å². The van der Waals surface area contributed by atoms with Gasteiger partial charge in [-0.3, -0.25) is 4.79 Å². The predicted molar refractivity (Wildman–Crippen MR) is 93.0 cm³/mol. The van der Waals surface area contributed by atoms with Gasteiger partial charge in [-0.2, -0.15) is 0 Å². The molecule has 0 radical (unpaired) electrons. The maximum atomic E-state index is 13.4. The fourth-order valence-corrected chi connectivity index (χ4v) is 3.20. The molecule has 0 heterocycles. The molecule has 0 saturated heterocycles. The minimum Gasteiger partial charge on any atom is -0.354 e. The molecule has 128 valence electrons. The van der Waals surface area contributed by atoms with Crippen molar-refractivity contribution in [1.29, 1.82) is 0 Å². The summed E-state index contributed by atoms with van der Waals surface area (Å²) >= 11 is 1.20. The van der Waals surface area contributed by atoms with E-state index in [0.717, 1.165) is 24.2 Å². The van der Waals surface area contributed by atoms with E-state index in [0.29, 0.717) is 18.0 Å². The second-order valence-electron chi connectivity index (χ2n) is 5.13. The molecule has 2 aromatic rings. The highest BCUT2D eigenvalue weighted by atomic mass is 32.2. The van der Waals surface area contributed by atoms with Crippen LogP contribution in [-0.2, 0) is 4.79 Å². The maximum absolute atomic E-state index is 13.4. The molecule has 0 aliphatic heterocycles. The zero-order valence-corrected chi connectivity index (χ0v) is 14.2. The van der Waals surface area contributed by atoms with Crippen molar-refractivity contribution < 1.29 is 13.6 Å². The first kappa shape index (κ1) is 18.4. The van der Waals surface area contributed by atoms with Gasteiger partial charge in [0.2, 0.25) is 5.91 Å². The molecule has 0 bridgehead atoms. The Kier molecular flexibility index (Phi) is 7.21. The van der Waals surface area contributed by atoms with Gasteiger partial charge >= 0.3 is 0 Å². The molecule has 0 fully saturated rings. The fraction of sp³-hybridized carbons (Fsp3) is 0.278. The Hall–Kier alpha value is -1.92. The first-order valence-corrected chi connectivity index (χ1v) is 8.65. The summed E-state index contributed by atoms with van der Waals surface area (Å²) in [6, 6.07) is 12.9. The average Bonchev–Trinajstić information content (AvgIpc) is 2.60. The lowest BCUT2D eigenvalue weighted by Crippen LogP contribution is -2.34. The van der Waals surface area contributed by atoms with Crippen LogP contribution in [-0.4, -0.2) is 25.5 Å². The average molecular weight is 350 g/mol. The molecular formula is C18H20F2N2OS. The van der Waals surface area contributed by atoms with Crippen LogP contribution in [0, 0.1) is 11.6 Å². The molecule has 6 heteroatoms. The highest BCUT2D eigenvalue weighted by Crippen LogP contribution is 2.35. The van der Waals surface area contributed by atoms with E-state index < -0.39 is 16.9 Å². The summed E-state index contributed by atoms with van der Waals surface area (Å²) in [6.45, 7) is 4.02. The van der Waals surface area contributed by atoms with Crippen molar-refractivity contribution in [3.05, 3.63) is 65.7 Å². The highest BCUT2D eigenvalue weighted by Gasteiger charge is 2.22. The van der Waals surface area contributed by atoms with E-state index >= 15 is 0 Å². The van der Waals surface area contributed by atoms with Crippen molar-refractivity contribution in [2.75, 3.05) is 19.6 Å². The van der Waals surface area contributed by atoms with Crippen molar-refractivity contribution in [3.8, 4) is 0 Å². The number of likely N-dealkylation sites (N-methyl/N-ethyl adjacent to an activating group) is 1. The van der Waals surface area contributed by atoms with E-state index in [9.17, 15) is 13.6 Å². The Morgan fingerprint density at radius 2 is 1.83 bits per heavy atom. The van der Waals surface area contributed by atoms with Crippen LogP contribution in [0.15, 0.2) is 53.4 Å². The summed E-state index contributed by atoms with van der Waals surface area (Å²) in [5, 5.41) is 5.48. The quantitative estimate of drug-likeness (QED) is 0.565. The number of hydrogen-bond donors (Lipinski definition) is 2. The van der Waals surface area contributed by atoms with Gasteiger partial charge in [0.05, 0.1) is 0 Å². The number of benzene rings is 2. The topological polar surface area (TPSA) is 41.1 Å². The number of halogens is 2. The molecule has 2 rings (SSSR count). The molecule has 0 aromatic heterocycles. The fourth-order valence-electron chi connectivity index (χ4n) is 2.13. The van der Waals surface area contributed by atoms with Gasteiger partial charge in [0.25, 0.3) is 0 Å². The van der Waals surface area contributed by atoms with Gasteiger partial charge in [-0.15, -0.1) is 11.8 Å². The van der Waals surface area contributed by atoms with Crippen molar-refractivity contribution in [3.63, 3.8) is 0 Å². The molecule has 0 aliphatic rings. The summed E-state index contributed by atoms with van der Waals surface area (Å²) < 4.78 is 26.5. The van der Waals surface area contributed by atoms with Crippen LogP contribution < -0.4 is 10.6 Å². The molecule has 0 saturated carbocycles. The van der Waals surface area contributed by atoms with E-state index in [4.69, 9.17) is 0 Å². The Morgan fingerprint density at radius 1 is 1.08 bits per heavy atom. The van der Waals surface area contributed by atoms with Gasteiger partial charge in [-0.05, 0) is 30.3 Å². The van der Waals surface area contributed by atoms with Gasteiger partial charge in [-0.25, -0.2) is 8.78 Å². The summed E-state index contributed by atoms with van der Waals surface area (Å²) in [7, 11) is 0. The Morgan fingerprint density at radius 3 is 2.50 bits per heavy atom. The van der Waals surface area contributed by atoms with Crippen LogP contribution in [0.25, 0.3) is 0 Å². The van der Waals surface area contributed by atoms with Crippen molar-refractivity contribution in [2.24, 2.45) is 0 Å². The summed E-state index contributed by atoms with van der Waals surface area (Å²) in [5.41, 5.74) is 0.813. The molecule has 0 aliphatic carbocycles. The van der Waals surface area contributed by atoms with Crippen LogP contribution in [0.2, 0.25) is 0 Å². The SMILES string of the molecule is CCNCCNC(=O)C(Sc1ccc(F)c(F)c1)c1ccccc1. The number of nitrogens with one attached hydrogen (secondary N) is 2. The number of rotatable bonds is 8. The number of carbonyl (C=O) groups is 1. The van der Waals surface area contributed by atoms with Crippen molar-refractivity contribution in [1.82, 2.24) is 10.6 Å². The lowest BCUT2D eigenvalue weighted by molar-refractivity contribution is -0.120. The predicted octanol–water partition coefficient (Wildman–Crippen LogP) is 3.52. The molecule has 0 spiro atoms. The van der Waals surface area contributed by atoms with E-state index in [1.165, 1.54) is 17.8 Å². The lowest BCUT2D eigenvalue weighted by Gasteiger charge is -2.17. The molecule has 24 heavy (non-hydrogen) atoms. The van der Waals surface area contributed by atoms with Gasteiger partial charge < -0.3 is 10.6 Å². The van der Waals surface area contributed by atoms with E-state index in [-0.39, 0.29) is 5.91 Å². The highest BCUT2D eigenvalue weighted by molar-refractivity contribution is 8.00. The zero-order valence-electron chi connectivity index (χ0n) is 13.4. The van der Waals surface area contributed by atoms with Gasteiger partial charge in [-0.1, -0.05) is 37.3 Å². The molecule has 2 aromatic carbocycles. The van der Waals surface area contributed by atoms with Crippen LogP contribution >= 0.6 is 11.8 Å². The maximum Gasteiger partial charge on any atom is 0.238 e. The molecule has 1 atom stereocenters. The van der Waals surface area contributed by atoms with Crippen LogP contribution in [0.4, 0.5) is 8.78 Å². The third-order valence-corrected chi connectivity index (χ3v) is 4.58. The molecular weight excluding hydrogens is 330 g/mol. The first-order chi connectivity index (χ1) is 11.6. The smallest absolute Gasteiger partial charge is 0.238 e. The molecule has 1 unspecified atom stereocenters. The van der Waals surface area contributed by atoms with Crippen LogP contribution in [0.5, 0.6) is 0 Å². The Balaban J connectivity index is 2.13. The molecule has 2 N–H and O–H groups in total. The third kappa shape index (κ3) is 5.32. The largest absolute Gasteiger partial charge is 0.354 e. The standard InChI is InChI=1S/C18H20F2N2OS/c1-2-21-10-11-22-18(23)17(13-6-4-3-5-7-13)24-14-8-9-15(19)16(20)12-14/h3-9,12,17,21H,2,10-11H2,1H3,(H,22,23). The van der Waals surface area contributed by atoms with Gasteiger partial charge in [0.15, 0.2) is 11.6 Å². The normalized spacial score (nSPS) is 12.0. The summed E-state index contributed by atoms with van der Waals surface area (Å²) in [5.74, 6) is -1.97. The number of thioether (sulfide) groups is 1. The summed E-state index contributed by atoms with van der Waals surface area (Å²) in [4.78, 5) is 13.0. The van der Waals surface area contributed by atoms with Crippen molar-refractivity contribution >= 4 is 17.7 Å². The monoisotopic (exact) mass is 350 g/mol. The second-order valence-corrected chi connectivity index (χ2v) is 6.31. The van der Waals surface area contributed by atoms with E-state index in [1.807, 2.05) is 37.3 Å². The van der Waals surface area contributed by atoms with Crippen LogP contribution in [0.3, 0.4) is 0 Å². The minimum atomic E-state index is -0.917. The number of carbonyl (C=O) groups excluding carboxylic acids is 1. The number of amides is 1. The third-order valence-electron chi connectivity index (χ3n) is 3.34.